The van der Waals surface area contributed by atoms with Gasteiger partial charge in [-0.25, -0.2) is 9.37 Å². The molecule has 1 aromatic heterocycles. The summed E-state index contributed by atoms with van der Waals surface area (Å²) in [5.74, 6) is -1.36. The summed E-state index contributed by atoms with van der Waals surface area (Å²) in [7, 11) is 1.82. The fourth-order valence-electron chi connectivity index (χ4n) is 2.81. The Labute approximate surface area is 179 Å². The molecule has 9 heteroatoms. The molecule has 1 heterocycles. The highest BCUT2D eigenvalue weighted by Gasteiger charge is 2.18. The molecule has 0 aliphatic carbocycles. The molecule has 0 spiro atoms. The number of carbonyl (C=O) groups excluding carboxylic acids is 3. The van der Waals surface area contributed by atoms with Crippen molar-refractivity contribution in [3.8, 4) is 0 Å². The van der Waals surface area contributed by atoms with E-state index in [9.17, 15) is 18.8 Å². The van der Waals surface area contributed by atoms with Crippen LogP contribution in [0.15, 0.2) is 36.5 Å². The Morgan fingerprint density at radius 3 is 2.67 bits per heavy atom. The molecule has 2 N–H and O–H groups in total. The van der Waals surface area contributed by atoms with E-state index in [2.05, 4.69) is 15.6 Å². The first-order valence-corrected chi connectivity index (χ1v) is 9.79. The minimum atomic E-state index is -0.796. The maximum Gasteiger partial charge on any atom is 0.230 e. The number of nitrogens with zero attached hydrogens (tertiary/aromatic N) is 2. The number of halogens is 2. The average molecular weight is 435 g/mol. The van der Waals surface area contributed by atoms with Gasteiger partial charge in [-0.05, 0) is 48.7 Å². The maximum atomic E-state index is 13.3. The minimum absolute atomic E-state index is 0.205. The Bertz CT molecular complexity index is 872. The molecule has 0 aliphatic heterocycles. The van der Waals surface area contributed by atoms with Crippen LogP contribution in [0.3, 0.4) is 0 Å². The summed E-state index contributed by atoms with van der Waals surface area (Å²) in [4.78, 5) is 40.7. The third kappa shape index (κ3) is 7.44. The second-order valence-corrected chi connectivity index (χ2v) is 7.29. The van der Waals surface area contributed by atoms with Crippen molar-refractivity contribution in [1.29, 1.82) is 0 Å². The molecule has 1 unspecified atom stereocenters. The van der Waals surface area contributed by atoms with E-state index in [0.29, 0.717) is 42.1 Å². The number of aromatic nitrogens is 1. The van der Waals surface area contributed by atoms with Crippen molar-refractivity contribution < 1.29 is 18.8 Å². The molecule has 0 aliphatic rings. The SMILES string of the molecule is CC(=O)Nc1ccc(N(C)CCC(C=O)C(=O)NCCc2cc(F)cc(Cl)c2)cn1. The predicted molar refractivity (Wildman–Crippen MR) is 114 cm³/mol. The van der Waals surface area contributed by atoms with Crippen LogP contribution in [0.4, 0.5) is 15.9 Å². The van der Waals surface area contributed by atoms with E-state index in [4.69, 9.17) is 11.6 Å². The number of aldehydes is 1. The van der Waals surface area contributed by atoms with Crippen molar-refractivity contribution in [2.75, 3.05) is 30.4 Å². The maximum absolute atomic E-state index is 13.3. The molecule has 0 radical (unpaired) electrons. The lowest BCUT2D eigenvalue weighted by Crippen LogP contribution is -2.35. The largest absolute Gasteiger partial charge is 0.373 e. The Hall–Kier alpha value is -3.00. The zero-order valence-corrected chi connectivity index (χ0v) is 17.6. The molecule has 2 rings (SSSR count). The Morgan fingerprint density at radius 2 is 2.07 bits per heavy atom. The molecule has 0 saturated carbocycles. The van der Waals surface area contributed by atoms with E-state index in [0.717, 1.165) is 5.69 Å². The molecule has 0 bridgehead atoms. The standard InChI is InChI=1S/C21H24ClFN4O3/c1-14(29)26-20-4-3-19(12-25-20)27(2)8-6-16(13-28)21(30)24-7-5-15-9-17(22)11-18(23)10-15/h3-4,9-13,16H,5-8H2,1-2H3,(H,24,30)(H,25,26,29). The first-order valence-electron chi connectivity index (χ1n) is 9.41. The number of amides is 2. The van der Waals surface area contributed by atoms with Gasteiger partial charge in [0.1, 0.15) is 17.9 Å². The van der Waals surface area contributed by atoms with Crippen LogP contribution < -0.4 is 15.5 Å². The molecule has 1 aromatic carbocycles. The van der Waals surface area contributed by atoms with Gasteiger partial charge in [-0.1, -0.05) is 11.6 Å². The van der Waals surface area contributed by atoms with E-state index in [-0.39, 0.29) is 18.4 Å². The van der Waals surface area contributed by atoms with Crippen LogP contribution in [0.2, 0.25) is 5.02 Å². The third-order valence-electron chi connectivity index (χ3n) is 4.40. The summed E-state index contributed by atoms with van der Waals surface area (Å²) in [6, 6.07) is 7.67. The second-order valence-electron chi connectivity index (χ2n) is 6.85. The molecule has 7 nitrogen and oxygen atoms in total. The van der Waals surface area contributed by atoms with Crippen molar-refractivity contribution in [2.24, 2.45) is 5.92 Å². The van der Waals surface area contributed by atoms with Gasteiger partial charge >= 0.3 is 0 Å². The highest BCUT2D eigenvalue weighted by atomic mass is 35.5. The van der Waals surface area contributed by atoms with Gasteiger partial charge in [0, 0.05) is 32.1 Å². The second kappa shape index (κ2) is 11.3. The van der Waals surface area contributed by atoms with E-state index in [1.165, 1.54) is 19.1 Å². The molecular formula is C21H24ClFN4O3. The van der Waals surface area contributed by atoms with Crippen LogP contribution in [0, 0.1) is 11.7 Å². The van der Waals surface area contributed by atoms with Crippen LogP contribution >= 0.6 is 11.6 Å². The van der Waals surface area contributed by atoms with Crippen molar-refractivity contribution >= 4 is 41.2 Å². The summed E-state index contributed by atoms with van der Waals surface area (Å²) in [6.07, 6.45) is 2.96. The van der Waals surface area contributed by atoms with E-state index in [1.54, 1.807) is 24.4 Å². The van der Waals surface area contributed by atoms with E-state index in [1.807, 2.05) is 11.9 Å². The van der Waals surface area contributed by atoms with Crippen molar-refractivity contribution in [1.82, 2.24) is 10.3 Å². The van der Waals surface area contributed by atoms with Crippen molar-refractivity contribution in [3.05, 3.63) is 52.9 Å². The van der Waals surface area contributed by atoms with E-state index < -0.39 is 11.7 Å². The highest BCUT2D eigenvalue weighted by Crippen LogP contribution is 2.16. The zero-order chi connectivity index (χ0) is 22.1. The summed E-state index contributed by atoms with van der Waals surface area (Å²) in [5, 5.41) is 5.59. The van der Waals surface area contributed by atoms with Gasteiger partial charge < -0.3 is 20.3 Å². The number of anilines is 2. The third-order valence-corrected chi connectivity index (χ3v) is 4.62. The molecule has 1 atom stereocenters. The number of benzene rings is 1. The normalized spacial score (nSPS) is 11.5. The van der Waals surface area contributed by atoms with Gasteiger partial charge in [-0.2, -0.15) is 0 Å². The van der Waals surface area contributed by atoms with Gasteiger partial charge in [0.05, 0.1) is 17.8 Å². The van der Waals surface area contributed by atoms with Crippen molar-refractivity contribution in [3.63, 3.8) is 0 Å². The average Bonchev–Trinajstić information content (AvgIpc) is 2.67. The van der Waals surface area contributed by atoms with E-state index >= 15 is 0 Å². The molecule has 30 heavy (non-hydrogen) atoms. The Kier molecular flexibility index (Phi) is 8.73. The predicted octanol–water partition coefficient (Wildman–Crippen LogP) is 2.83. The summed E-state index contributed by atoms with van der Waals surface area (Å²) in [5.41, 5.74) is 1.45. The molecular weight excluding hydrogens is 411 g/mol. The summed E-state index contributed by atoms with van der Waals surface area (Å²) >= 11 is 5.82. The smallest absolute Gasteiger partial charge is 0.230 e. The Morgan fingerprint density at radius 1 is 1.30 bits per heavy atom. The molecule has 2 amide bonds. The van der Waals surface area contributed by atoms with Gasteiger partial charge in [0.2, 0.25) is 11.8 Å². The van der Waals surface area contributed by atoms with Crippen LogP contribution in [-0.4, -0.2) is 43.2 Å². The highest BCUT2D eigenvalue weighted by molar-refractivity contribution is 6.30. The first-order chi connectivity index (χ1) is 14.3. The lowest BCUT2D eigenvalue weighted by molar-refractivity contribution is -0.129. The molecule has 0 saturated heterocycles. The number of hydrogen-bond donors (Lipinski definition) is 2. The number of nitrogens with one attached hydrogen (secondary N) is 2. The lowest BCUT2D eigenvalue weighted by atomic mass is 10.1. The number of carbonyl (C=O) groups is 3. The Balaban J connectivity index is 1.81. The monoisotopic (exact) mass is 434 g/mol. The number of hydrogen-bond acceptors (Lipinski definition) is 5. The van der Waals surface area contributed by atoms with Gasteiger partial charge in [0.15, 0.2) is 0 Å². The fourth-order valence-corrected chi connectivity index (χ4v) is 3.05. The summed E-state index contributed by atoms with van der Waals surface area (Å²) < 4.78 is 13.3. The van der Waals surface area contributed by atoms with Crippen molar-refractivity contribution in [2.45, 2.75) is 19.8 Å². The minimum Gasteiger partial charge on any atom is -0.373 e. The first kappa shape index (κ1) is 23.3. The number of rotatable bonds is 10. The van der Waals surface area contributed by atoms with Gasteiger partial charge in [-0.3, -0.25) is 9.59 Å². The van der Waals surface area contributed by atoms with Gasteiger partial charge in [-0.15, -0.1) is 0 Å². The fraction of sp³-hybridized carbons (Fsp3) is 0.333. The van der Waals surface area contributed by atoms with Crippen LogP contribution in [-0.2, 0) is 20.8 Å². The quantitative estimate of drug-likeness (QED) is 0.443. The molecule has 160 valence electrons. The zero-order valence-electron chi connectivity index (χ0n) is 16.8. The van der Waals surface area contributed by atoms with Crippen LogP contribution in [0.5, 0.6) is 0 Å². The molecule has 0 fully saturated rings. The summed E-state index contributed by atoms with van der Waals surface area (Å²) in [6.45, 7) is 2.13. The van der Waals surface area contributed by atoms with Crippen LogP contribution in [0.1, 0.15) is 18.9 Å². The topological polar surface area (TPSA) is 91.4 Å². The van der Waals surface area contributed by atoms with Crippen LogP contribution in [0.25, 0.3) is 0 Å². The molecule has 2 aromatic rings. The number of pyridine rings is 1. The lowest BCUT2D eigenvalue weighted by Gasteiger charge is -2.21. The van der Waals surface area contributed by atoms with Gasteiger partial charge in [0.25, 0.3) is 0 Å².